The van der Waals surface area contributed by atoms with E-state index < -0.39 is 20.9 Å². The van der Waals surface area contributed by atoms with E-state index >= 15 is 0 Å². The molecule has 0 aromatic heterocycles. The minimum atomic E-state index is -4.06. The van der Waals surface area contributed by atoms with Gasteiger partial charge in [0.25, 0.3) is 10.1 Å². The van der Waals surface area contributed by atoms with Gasteiger partial charge in [-0.2, -0.15) is 8.42 Å². The first kappa shape index (κ1) is 22.7. The Morgan fingerprint density at radius 3 is 2.06 bits per heavy atom. The van der Waals surface area contributed by atoms with Crippen LogP contribution < -0.4 is 11.9 Å². The molecule has 0 aliphatic heterocycles. The summed E-state index contributed by atoms with van der Waals surface area (Å²) in [5.74, 6) is 0. The lowest BCUT2D eigenvalue weighted by Crippen LogP contribution is -2.48. The first-order chi connectivity index (χ1) is 7.65. The molecule has 0 fully saturated rings. The Labute approximate surface area is 112 Å². The summed E-state index contributed by atoms with van der Waals surface area (Å²) in [7, 11) is -4.06. The maximum absolute atomic E-state index is 11.0. The van der Waals surface area contributed by atoms with Crippen LogP contribution in [-0.2, 0) is 10.1 Å². The summed E-state index contributed by atoms with van der Waals surface area (Å²) >= 11 is 0. The van der Waals surface area contributed by atoms with Gasteiger partial charge in [0, 0.05) is 6.04 Å². The lowest BCUT2D eigenvalue weighted by Gasteiger charge is -2.28. The van der Waals surface area contributed by atoms with Crippen LogP contribution in [0.1, 0.15) is 53.4 Å². The lowest BCUT2D eigenvalue weighted by atomic mass is 9.98. The molecular formula is C12H30N2O3S. The van der Waals surface area contributed by atoms with Crippen LogP contribution in [0.3, 0.4) is 0 Å². The predicted octanol–water partition coefficient (Wildman–Crippen LogP) is 2.91. The minimum absolute atomic E-state index is 0. The monoisotopic (exact) mass is 282 g/mol. The van der Waals surface area contributed by atoms with Gasteiger partial charge in [-0.3, -0.25) is 4.55 Å². The van der Waals surface area contributed by atoms with Crippen LogP contribution in [0.2, 0.25) is 0 Å². The Morgan fingerprint density at radius 2 is 1.78 bits per heavy atom. The van der Waals surface area contributed by atoms with Gasteiger partial charge in [0.2, 0.25) is 0 Å². The molecule has 0 saturated heterocycles. The summed E-state index contributed by atoms with van der Waals surface area (Å²) in [5.41, 5.74) is 5.74. The molecule has 0 rings (SSSR count). The van der Waals surface area contributed by atoms with Crippen molar-refractivity contribution in [1.82, 2.24) is 6.15 Å². The Morgan fingerprint density at radius 1 is 1.39 bits per heavy atom. The molecule has 0 saturated carbocycles. The number of unbranched alkanes of at least 4 members (excludes halogenated alkanes) is 2. The molecule has 1 atom stereocenters. The van der Waals surface area contributed by atoms with Crippen LogP contribution in [0.4, 0.5) is 0 Å². The average molecular weight is 282 g/mol. The van der Waals surface area contributed by atoms with Gasteiger partial charge in [-0.1, -0.05) is 32.3 Å². The fraction of sp³-hybridized carbons (Fsp3) is 0.833. The number of nitrogens with two attached hydrogens (primary N) is 1. The van der Waals surface area contributed by atoms with Crippen molar-refractivity contribution in [2.45, 2.75) is 64.2 Å². The fourth-order valence-electron chi connectivity index (χ4n) is 1.15. The largest absolute Gasteiger partial charge is 0.344 e. The number of allylic oxidation sites excluding steroid dienone is 1. The van der Waals surface area contributed by atoms with Crippen molar-refractivity contribution in [2.24, 2.45) is 5.73 Å². The highest BCUT2D eigenvalue weighted by Gasteiger charge is 2.38. The van der Waals surface area contributed by atoms with Gasteiger partial charge in [0.15, 0.2) is 0 Å². The van der Waals surface area contributed by atoms with Gasteiger partial charge < -0.3 is 11.9 Å². The summed E-state index contributed by atoms with van der Waals surface area (Å²) in [6, 6.07) is -0.510. The fourth-order valence-corrected chi connectivity index (χ4v) is 1.65. The van der Waals surface area contributed by atoms with Gasteiger partial charge in [0.1, 0.15) is 4.75 Å². The van der Waals surface area contributed by atoms with Crippen molar-refractivity contribution in [3.05, 3.63) is 12.7 Å². The SMILES string of the molecule is C=CC.CCCCCC(N)C(C)(C)S(=O)(=O)O.N. The van der Waals surface area contributed by atoms with Crippen LogP contribution in [0.15, 0.2) is 12.7 Å². The molecule has 6 N–H and O–H groups in total. The van der Waals surface area contributed by atoms with Gasteiger partial charge in [-0.05, 0) is 27.2 Å². The molecule has 0 radical (unpaired) electrons. The second kappa shape index (κ2) is 10.5. The topological polar surface area (TPSA) is 115 Å². The molecule has 0 aromatic rings. The molecular weight excluding hydrogens is 252 g/mol. The molecule has 0 aliphatic rings. The van der Waals surface area contributed by atoms with Crippen molar-refractivity contribution >= 4 is 10.1 Å². The summed E-state index contributed by atoms with van der Waals surface area (Å²) in [6.45, 7) is 10.2. The molecule has 0 bridgehead atoms. The first-order valence-corrected chi connectivity index (χ1v) is 7.38. The molecule has 112 valence electrons. The van der Waals surface area contributed by atoms with Crippen LogP contribution in [0.25, 0.3) is 0 Å². The van der Waals surface area contributed by atoms with Crippen molar-refractivity contribution in [1.29, 1.82) is 0 Å². The Kier molecular flexibility index (Phi) is 13.2. The smallest absolute Gasteiger partial charge is 0.271 e. The predicted molar refractivity (Wildman–Crippen MR) is 78.6 cm³/mol. The number of hydrogen-bond donors (Lipinski definition) is 3. The van der Waals surface area contributed by atoms with E-state index in [9.17, 15) is 8.42 Å². The molecule has 6 heteroatoms. The Bertz CT molecular complexity index is 300. The maximum Gasteiger partial charge on any atom is 0.271 e. The first-order valence-electron chi connectivity index (χ1n) is 5.94. The summed E-state index contributed by atoms with van der Waals surface area (Å²) in [5, 5.41) is 0. The van der Waals surface area contributed by atoms with E-state index in [4.69, 9.17) is 10.3 Å². The highest BCUT2D eigenvalue weighted by atomic mass is 32.2. The third-order valence-electron chi connectivity index (χ3n) is 2.68. The average Bonchev–Trinajstić information content (AvgIpc) is 2.17. The van der Waals surface area contributed by atoms with Crippen LogP contribution in [0.5, 0.6) is 0 Å². The molecule has 0 aromatic carbocycles. The van der Waals surface area contributed by atoms with E-state index in [1.54, 1.807) is 6.08 Å². The van der Waals surface area contributed by atoms with Crippen molar-refractivity contribution in [2.75, 3.05) is 0 Å². The summed E-state index contributed by atoms with van der Waals surface area (Å²) < 4.78 is 29.7. The van der Waals surface area contributed by atoms with E-state index in [0.717, 1.165) is 19.3 Å². The van der Waals surface area contributed by atoms with Gasteiger partial charge >= 0.3 is 0 Å². The Balaban J connectivity index is -0.000000507. The second-order valence-electron chi connectivity index (χ2n) is 4.59. The lowest BCUT2D eigenvalue weighted by molar-refractivity contribution is 0.393. The highest BCUT2D eigenvalue weighted by Crippen LogP contribution is 2.22. The molecule has 0 heterocycles. The minimum Gasteiger partial charge on any atom is -0.344 e. The molecule has 0 amide bonds. The zero-order valence-electron chi connectivity index (χ0n) is 12.1. The maximum atomic E-state index is 11.0. The molecule has 0 aliphatic carbocycles. The summed E-state index contributed by atoms with van der Waals surface area (Å²) in [4.78, 5) is 0. The molecule has 5 nitrogen and oxygen atoms in total. The van der Waals surface area contributed by atoms with Crippen LogP contribution >= 0.6 is 0 Å². The molecule has 0 spiro atoms. The third-order valence-corrected chi connectivity index (χ3v) is 4.31. The summed E-state index contributed by atoms with van der Waals surface area (Å²) in [6.07, 6.45) is 5.38. The van der Waals surface area contributed by atoms with Gasteiger partial charge in [0.05, 0.1) is 0 Å². The van der Waals surface area contributed by atoms with Crippen molar-refractivity contribution in [3.8, 4) is 0 Å². The molecule has 1 unspecified atom stereocenters. The number of hydrogen-bond acceptors (Lipinski definition) is 4. The van der Waals surface area contributed by atoms with Gasteiger partial charge in [-0.15, -0.1) is 6.58 Å². The van der Waals surface area contributed by atoms with Crippen LogP contribution in [0, 0.1) is 0 Å². The zero-order chi connectivity index (χ0) is 14.1. The highest BCUT2D eigenvalue weighted by molar-refractivity contribution is 7.87. The van der Waals surface area contributed by atoms with Crippen LogP contribution in [-0.4, -0.2) is 23.8 Å². The van der Waals surface area contributed by atoms with E-state index in [1.165, 1.54) is 13.8 Å². The Hall–Kier alpha value is -0.430. The van der Waals surface area contributed by atoms with Gasteiger partial charge in [-0.25, -0.2) is 0 Å². The normalized spacial score (nSPS) is 12.8. The van der Waals surface area contributed by atoms with Crippen molar-refractivity contribution < 1.29 is 13.0 Å². The standard InChI is InChI=1S/C9H21NO3S.C3H6.H3N/c1-4-5-6-7-8(10)9(2,3)14(11,12)13;1-3-2;/h8H,4-7,10H2,1-3H3,(H,11,12,13);3H,1H2,2H3;1H3. The zero-order valence-corrected chi connectivity index (χ0v) is 13.0. The second-order valence-corrected chi connectivity index (χ2v) is 6.59. The van der Waals surface area contributed by atoms with E-state index in [1.807, 2.05) is 6.92 Å². The third kappa shape index (κ3) is 8.63. The van der Waals surface area contributed by atoms with E-state index in [2.05, 4.69) is 13.5 Å². The number of rotatable bonds is 6. The van der Waals surface area contributed by atoms with E-state index in [-0.39, 0.29) is 6.15 Å². The van der Waals surface area contributed by atoms with E-state index in [0.29, 0.717) is 6.42 Å². The van der Waals surface area contributed by atoms with Crippen molar-refractivity contribution in [3.63, 3.8) is 0 Å². The molecule has 18 heavy (non-hydrogen) atoms. The quantitative estimate of drug-likeness (QED) is 0.393.